The molecule has 0 aromatic carbocycles. The van der Waals surface area contributed by atoms with Crippen LogP contribution in [-0.4, -0.2) is 46.3 Å². The Morgan fingerprint density at radius 3 is 2.17 bits per heavy atom. The van der Waals surface area contributed by atoms with Gasteiger partial charge in [-0.1, -0.05) is 46.0 Å². The molecule has 0 saturated carbocycles. The minimum absolute atomic E-state index is 0.155. The molecule has 0 bridgehead atoms. The Labute approximate surface area is 146 Å². The number of urea groups is 1. The summed E-state index contributed by atoms with van der Waals surface area (Å²) in [5.74, 6) is -0.610. The van der Waals surface area contributed by atoms with Crippen LogP contribution in [0.4, 0.5) is 4.79 Å². The predicted molar refractivity (Wildman–Crippen MR) is 95.8 cm³/mol. The van der Waals surface area contributed by atoms with Crippen LogP contribution in [0.15, 0.2) is 0 Å². The number of carbonyl (C=O) groups is 2. The molecule has 2 amide bonds. The van der Waals surface area contributed by atoms with E-state index in [2.05, 4.69) is 6.92 Å². The molecule has 0 aliphatic rings. The van der Waals surface area contributed by atoms with Crippen molar-refractivity contribution in [2.75, 3.05) is 13.1 Å². The fourth-order valence-corrected chi connectivity index (χ4v) is 2.82. The fraction of sp³-hybridized carbons (Fsp3) is 0.889. The van der Waals surface area contributed by atoms with Crippen molar-refractivity contribution in [1.82, 2.24) is 4.90 Å². The van der Waals surface area contributed by atoms with Crippen molar-refractivity contribution in [2.45, 2.75) is 84.2 Å². The first-order chi connectivity index (χ1) is 11.4. The maximum atomic E-state index is 11.5. The second-order valence-electron chi connectivity index (χ2n) is 6.82. The van der Waals surface area contributed by atoms with E-state index in [1.807, 2.05) is 6.92 Å². The van der Waals surface area contributed by atoms with Crippen molar-refractivity contribution < 1.29 is 19.8 Å². The van der Waals surface area contributed by atoms with Gasteiger partial charge in [0.15, 0.2) is 0 Å². The highest BCUT2D eigenvalue weighted by Gasteiger charge is 2.12. The molecular weight excluding hydrogens is 308 g/mol. The summed E-state index contributed by atoms with van der Waals surface area (Å²) >= 11 is 0. The van der Waals surface area contributed by atoms with Crippen molar-refractivity contribution in [3.63, 3.8) is 0 Å². The summed E-state index contributed by atoms with van der Waals surface area (Å²) in [6.07, 6.45) is 8.07. The van der Waals surface area contributed by atoms with Gasteiger partial charge < -0.3 is 20.8 Å². The quantitative estimate of drug-likeness (QED) is 0.396. The number of aliphatic carboxylic acids is 1. The van der Waals surface area contributed by atoms with Crippen molar-refractivity contribution in [1.29, 1.82) is 0 Å². The molecular formula is C18H36N2O4. The molecule has 0 aromatic heterocycles. The number of nitrogens with zero attached hydrogens (tertiary/aromatic N) is 1. The largest absolute Gasteiger partial charge is 0.481 e. The SMILES string of the molecule is CCCCCC(O)CCCN(CCCCC(C)CC(=O)O)C(N)=O. The molecule has 0 radical (unpaired) electrons. The number of hydrogen-bond donors (Lipinski definition) is 3. The molecule has 6 heteroatoms. The minimum Gasteiger partial charge on any atom is -0.481 e. The van der Waals surface area contributed by atoms with Crippen LogP contribution in [0, 0.1) is 5.92 Å². The third kappa shape index (κ3) is 13.2. The van der Waals surface area contributed by atoms with E-state index in [1.54, 1.807) is 4.90 Å². The molecule has 0 fully saturated rings. The number of aliphatic hydroxyl groups is 1. The number of primary amides is 1. The number of unbranched alkanes of at least 4 members (excludes halogenated alkanes) is 3. The molecule has 4 N–H and O–H groups in total. The van der Waals surface area contributed by atoms with Crippen LogP contribution in [0.2, 0.25) is 0 Å². The van der Waals surface area contributed by atoms with Gasteiger partial charge in [0.1, 0.15) is 0 Å². The topological polar surface area (TPSA) is 104 Å². The van der Waals surface area contributed by atoms with Crippen LogP contribution in [-0.2, 0) is 4.79 Å². The van der Waals surface area contributed by atoms with Crippen molar-refractivity contribution >= 4 is 12.0 Å². The zero-order chi connectivity index (χ0) is 18.4. The highest BCUT2D eigenvalue weighted by atomic mass is 16.4. The molecule has 0 aliphatic heterocycles. The molecule has 2 unspecified atom stereocenters. The number of nitrogens with two attached hydrogens (primary N) is 1. The molecule has 6 nitrogen and oxygen atoms in total. The zero-order valence-electron chi connectivity index (χ0n) is 15.4. The molecule has 24 heavy (non-hydrogen) atoms. The number of carboxylic acids is 1. The summed E-state index contributed by atoms with van der Waals surface area (Å²) in [5, 5.41) is 18.6. The van der Waals surface area contributed by atoms with Crippen molar-refractivity contribution in [3.8, 4) is 0 Å². The Kier molecular flexibility index (Phi) is 13.3. The molecule has 0 aromatic rings. The number of hydrogen-bond acceptors (Lipinski definition) is 3. The molecule has 0 aliphatic carbocycles. The summed E-state index contributed by atoms with van der Waals surface area (Å²) in [4.78, 5) is 23.7. The lowest BCUT2D eigenvalue weighted by atomic mass is 10.0. The van der Waals surface area contributed by atoms with Crippen LogP contribution >= 0.6 is 0 Å². The Bertz CT molecular complexity index is 350. The summed E-state index contributed by atoms with van der Waals surface area (Å²) < 4.78 is 0. The van der Waals surface area contributed by atoms with E-state index in [-0.39, 0.29) is 18.4 Å². The Hall–Kier alpha value is -1.30. The number of carbonyl (C=O) groups excluding carboxylic acids is 1. The van der Waals surface area contributed by atoms with Gasteiger partial charge in [0.25, 0.3) is 0 Å². The summed E-state index contributed by atoms with van der Waals surface area (Å²) in [5.41, 5.74) is 5.41. The number of rotatable bonds is 15. The second kappa shape index (κ2) is 14.1. The molecule has 0 saturated heterocycles. The molecule has 0 rings (SSSR count). The normalized spacial score (nSPS) is 13.5. The highest BCUT2D eigenvalue weighted by Crippen LogP contribution is 2.13. The standard InChI is InChI=1S/C18H36N2O4/c1-3-4-5-10-16(21)11-8-13-20(18(19)24)12-7-6-9-15(2)14-17(22)23/h15-16,21H,3-14H2,1-2H3,(H2,19,24)(H,22,23). The van der Waals surface area contributed by atoms with E-state index in [0.717, 1.165) is 51.4 Å². The molecule has 0 heterocycles. The smallest absolute Gasteiger partial charge is 0.314 e. The Morgan fingerprint density at radius 2 is 1.58 bits per heavy atom. The van der Waals surface area contributed by atoms with Crippen molar-refractivity contribution in [3.05, 3.63) is 0 Å². The summed E-state index contributed by atoms with van der Waals surface area (Å²) in [6, 6.07) is -0.422. The van der Waals surface area contributed by atoms with Crippen LogP contribution in [0.1, 0.15) is 78.1 Å². The first kappa shape index (κ1) is 22.7. The predicted octanol–water partition coefficient (Wildman–Crippen LogP) is 3.37. The maximum Gasteiger partial charge on any atom is 0.314 e. The lowest BCUT2D eigenvalue weighted by Crippen LogP contribution is -2.37. The van der Waals surface area contributed by atoms with Gasteiger partial charge in [-0.15, -0.1) is 0 Å². The van der Waals surface area contributed by atoms with Gasteiger partial charge in [-0.05, 0) is 31.6 Å². The lowest BCUT2D eigenvalue weighted by molar-refractivity contribution is -0.138. The van der Waals surface area contributed by atoms with E-state index in [1.165, 1.54) is 0 Å². The van der Waals surface area contributed by atoms with Crippen LogP contribution in [0.5, 0.6) is 0 Å². The van der Waals surface area contributed by atoms with Gasteiger partial charge in [-0.3, -0.25) is 4.79 Å². The summed E-state index contributed by atoms with van der Waals surface area (Å²) in [6.45, 7) is 5.24. The average molecular weight is 344 g/mol. The molecule has 2 atom stereocenters. The number of amides is 2. The molecule has 142 valence electrons. The zero-order valence-corrected chi connectivity index (χ0v) is 15.4. The number of carboxylic acid groups (broad SMARTS) is 1. The highest BCUT2D eigenvalue weighted by molar-refractivity contribution is 5.71. The third-order valence-corrected chi connectivity index (χ3v) is 4.32. The van der Waals surface area contributed by atoms with E-state index in [4.69, 9.17) is 10.8 Å². The monoisotopic (exact) mass is 344 g/mol. The van der Waals surface area contributed by atoms with Gasteiger partial charge in [0.05, 0.1) is 6.10 Å². The Balaban J connectivity index is 3.85. The van der Waals surface area contributed by atoms with E-state index in [9.17, 15) is 14.7 Å². The van der Waals surface area contributed by atoms with Gasteiger partial charge in [-0.2, -0.15) is 0 Å². The first-order valence-corrected chi connectivity index (χ1v) is 9.31. The Morgan fingerprint density at radius 1 is 1.00 bits per heavy atom. The van der Waals surface area contributed by atoms with Crippen LogP contribution in [0.25, 0.3) is 0 Å². The van der Waals surface area contributed by atoms with Crippen LogP contribution < -0.4 is 5.73 Å². The van der Waals surface area contributed by atoms with Gasteiger partial charge in [-0.25, -0.2) is 4.79 Å². The van der Waals surface area contributed by atoms with Gasteiger partial charge in [0.2, 0.25) is 0 Å². The van der Waals surface area contributed by atoms with E-state index >= 15 is 0 Å². The van der Waals surface area contributed by atoms with Gasteiger partial charge in [0, 0.05) is 19.5 Å². The van der Waals surface area contributed by atoms with Gasteiger partial charge >= 0.3 is 12.0 Å². The first-order valence-electron chi connectivity index (χ1n) is 9.31. The number of aliphatic hydroxyl groups excluding tert-OH is 1. The maximum absolute atomic E-state index is 11.5. The van der Waals surface area contributed by atoms with E-state index < -0.39 is 12.0 Å². The van der Waals surface area contributed by atoms with Crippen molar-refractivity contribution in [2.24, 2.45) is 11.7 Å². The van der Waals surface area contributed by atoms with Crippen LogP contribution in [0.3, 0.4) is 0 Å². The molecule has 0 spiro atoms. The minimum atomic E-state index is -0.765. The second-order valence-corrected chi connectivity index (χ2v) is 6.82. The third-order valence-electron chi connectivity index (χ3n) is 4.32. The average Bonchev–Trinajstić information content (AvgIpc) is 2.48. The fourth-order valence-electron chi connectivity index (χ4n) is 2.82. The lowest BCUT2D eigenvalue weighted by Gasteiger charge is -2.21. The van der Waals surface area contributed by atoms with E-state index in [0.29, 0.717) is 19.5 Å². The summed E-state index contributed by atoms with van der Waals surface area (Å²) in [7, 11) is 0.